The van der Waals surface area contributed by atoms with E-state index >= 15 is 0 Å². The average Bonchev–Trinajstić information content (AvgIpc) is 2.85. The van der Waals surface area contributed by atoms with Crippen molar-refractivity contribution >= 4 is 17.3 Å². The van der Waals surface area contributed by atoms with Crippen LogP contribution in [0.2, 0.25) is 0 Å². The van der Waals surface area contributed by atoms with Gasteiger partial charge in [0.1, 0.15) is 18.1 Å². The first kappa shape index (κ1) is 12.4. The fraction of sp³-hybridized carbons (Fsp3) is 0.154. The molecule has 2 aromatic rings. The minimum atomic E-state index is -0.972. The van der Waals surface area contributed by atoms with Crippen molar-refractivity contribution in [3.05, 3.63) is 46.2 Å². The Kier molecular flexibility index (Phi) is 3.84. The zero-order valence-electron chi connectivity index (χ0n) is 9.75. The Morgan fingerprint density at radius 1 is 1.28 bits per heavy atom. The number of methoxy groups -OCH3 is 1. The second-order valence-corrected chi connectivity index (χ2v) is 4.44. The summed E-state index contributed by atoms with van der Waals surface area (Å²) in [5.41, 5.74) is 0.877. The van der Waals surface area contributed by atoms with Crippen molar-refractivity contribution in [1.29, 1.82) is 0 Å². The first-order valence-electron chi connectivity index (χ1n) is 5.28. The molecular weight excluding hydrogens is 252 g/mol. The number of aromatic carboxylic acids is 1. The van der Waals surface area contributed by atoms with Gasteiger partial charge < -0.3 is 14.6 Å². The van der Waals surface area contributed by atoms with E-state index in [-0.39, 0.29) is 11.5 Å². The van der Waals surface area contributed by atoms with Crippen LogP contribution in [0.15, 0.2) is 35.7 Å². The van der Waals surface area contributed by atoms with Crippen molar-refractivity contribution < 1.29 is 19.4 Å². The van der Waals surface area contributed by atoms with Gasteiger partial charge in [-0.05, 0) is 17.5 Å². The third-order valence-corrected chi connectivity index (χ3v) is 3.28. The molecule has 0 aliphatic rings. The number of hydrogen-bond acceptors (Lipinski definition) is 4. The van der Waals surface area contributed by atoms with E-state index in [1.54, 1.807) is 18.6 Å². The molecular formula is C13H12O4S. The number of thiophene rings is 1. The number of para-hydroxylation sites is 1. The zero-order chi connectivity index (χ0) is 13.0. The fourth-order valence-corrected chi connectivity index (χ4v) is 2.22. The van der Waals surface area contributed by atoms with Gasteiger partial charge in [0.05, 0.1) is 7.11 Å². The summed E-state index contributed by atoms with van der Waals surface area (Å²) >= 11 is 1.15. The lowest BCUT2D eigenvalue weighted by molar-refractivity contribution is 0.0697. The second kappa shape index (κ2) is 5.55. The van der Waals surface area contributed by atoms with Crippen LogP contribution >= 0.6 is 11.3 Å². The van der Waals surface area contributed by atoms with Crippen LogP contribution in [-0.4, -0.2) is 18.2 Å². The van der Waals surface area contributed by atoms with Crippen molar-refractivity contribution in [2.75, 3.05) is 7.11 Å². The van der Waals surface area contributed by atoms with Gasteiger partial charge in [-0.1, -0.05) is 18.2 Å². The van der Waals surface area contributed by atoms with Crippen LogP contribution in [0.25, 0.3) is 0 Å². The molecule has 0 fully saturated rings. The smallest absolute Gasteiger partial charge is 0.349 e. The number of ether oxygens (including phenoxy) is 2. The Hall–Kier alpha value is -2.01. The Morgan fingerprint density at radius 3 is 2.78 bits per heavy atom. The molecule has 0 aliphatic carbocycles. The van der Waals surface area contributed by atoms with E-state index < -0.39 is 5.97 Å². The van der Waals surface area contributed by atoms with E-state index in [1.165, 1.54) is 0 Å². The van der Waals surface area contributed by atoms with Gasteiger partial charge in [-0.15, -0.1) is 11.3 Å². The molecule has 0 atom stereocenters. The third-order valence-electron chi connectivity index (χ3n) is 2.40. The molecule has 0 saturated carbocycles. The van der Waals surface area contributed by atoms with Gasteiger partial charge in [0.2, 0.25) is 0 Å². The molecule has 4 nitrogen and oxygen atoms in total. The van der Waals surface area contributed by atoms with Crippen LogP contribution in [0.4, 0.5) is 0 Å². The molecule has 0 spiro atoms. The summed E-state index contributed by atoms with van der Waals surface area (Å²) in [6.07, 6.45) is 0. The monoisotopic (exact) mass is 264 g/mol. The van der Waals surface area contributed by atoms with Gasteiger partial charge in [0, 0.05) is 5.56 Å². The van der Waals surface area contributed by atoms with E-state index in [0.29, 0.717) is 5.75 Å². The van der Waals surface area contributed by atoms with E-state index in [0.717, 1.165) is 22.6 Å². The van der Waals surface area contributed by atoms with Gasteiger partial charge in [-0.2, -0.15) is 0 Å². The van der Waals surface area contributed by atoms with Crippen molar-refractivity contribution in [3.63, 3.8) is 0 Å². The van der Waals surface area contributed by atoms with Gasteiger partial charge in [-0.3, -0.25) is 0 Å². The molecule has 1 aromatic heterocycles. The lowest BCUT2D eigenvalue weighted by Crippen LogP contribution is -2.01. The normalized spacial score (nSPS) is 10.1. The Morgan fingerprint density at radius 2 is 2.06 bits per heavy atom. The number of hydrogen-bond donors (Lipinski definition) is 1. The highest BCUT2D eigenvalue weighted by atomic mass is 32.1. The molecule has 5 heteroatoms. The quantitative estimate of drug-likeness (QED) is 0.901. The van der Waals surface area contributed by atoms with Crippen LogP contribution in [0, 0.1) is 0 Å². The zero-order valence-corrected chi connectivity index (χ0v) is 10.6. The molecule has 94 valence electrons. The molecule has 0 saturated heterocycles. The fourth-order valence-electron chi connectivity index (χ4n) is 1.54. The van der Waals surface area contributed by atoms with Crippen LogP contribution in [-0.2, 0) is 6.61 Å². The summed E-state index contributed by atoms with van der Waals surface area (Å²) in [6.45, 7) is 0.279. The second-order valence-electron chi connectivity index (χ2n) is 3.52. The maximum atomic E-state index is 10.9. The van der Waals surface area contributed by atoms with Crippen LogP contribution in [0.1, 0.15) is 15.2 Å². The SMILES string of the molecule is COc1ccccc1COc1ccsc1C(=O)O. The standard InChI is InChI=1S/C13H12O4S/c1-16-10-5-3-2-4-9(10)8-17-11-6-7-18-12(11)13(14)15/h2-7H,8H2,1H3,(H,14,15). The van der Waals surface area contributed by atoms with Crippen molar-refractivity contribution in [2.45, 2.75) is 6.61 Å². The van der Waals surface area contributed by atoms with E-state index in [9.17, 15) is 4.79 Å². The molecule has 0 unspecified atom stereocenters. The maximum absolute atomic E-state index is 10.9. The third kappa shape index (κ3) is 2.62. The first-order valence-corrected chi connectivity index (χ1v) is 6.16. The molecule has 0 radical (unpaired) electrons. The van der Waals surface area contributed by atoms with Gasteiger partial charge in [0.25, 0.3) is 0 Å². The van der Waals surface area contributed by atoms with Crippen molar-refractivity contribution in [3.8, 4) is 11.5 Å². The number of rotatable bonds is 5. The van der Waals surface area contributed by atoms with Crippen molar-refractivity contribution in [1.82, 2.24) is 0 Å². The average molecular weight is 264 g/mol. The largest absolute Gasteiger partial charge is 0.496 e. The maximum Gasteiger partial charge on any atom is 0.349 e. The first-order chi connectivity index (χ1) is 8.72. The van der Waals surface area contributed by atoms with E-state index in [1.807, 2.05) is 24.3 Å². The number of carbonyl (C=O) groups is 1. The summed E-state index contributed by atoms with van der Waals surface area (Å²) in [6, 6.07) is 9.13. The Labute approximate surface area is 108 Å². The molecule has 2 rings (SSSR count). The molecule has 1 heterocycles. The topological polar surface area (TPSA) is 55.8 Å². The minimum Gasteiger partial charge on any atom is -0.496 e. The van der Waals surface area contributed by atoms with Crippen molar-refractivity contribution in [2.24, 2.45) is 0 Å². The molecule has 18 heavy (non-hydrogen) atoms. The van der Waals surface area contributed by atoms with Gasteiger partial charge in [-0.25, -0.2) is 4.79 Å². The summed E-state index contributed by atoms with van der Waals surface area (Å²) in [5, 5.41) is 10.7. The van der Waals surface area contributed by atoms with Crippen LogP contribution < -0.4 is 9.47 Å². The molecule has 0 bridgehead atoms. The van der Waals surface area contributed by atoms with Gasteiger partial charge in [0.15, 0.2) is 4.88 Å². The molecule has 0 amide bonds. The minimum absolute atomic E-state index is 0.213. The molecule has 0 aliphatic heterocycles. The summed E-state index contributed by atoms with van der Waals surface area (Å²) in [5.74, 6) is 0.142. The molecule has 1 N–H and O–H groups in total. The predicted octanol–water partition coefficient (Wildman–Crippen LogP) is 3.03. The molecule has 1 aromatic carbocycles. The van der Waals surface area contributed by atoms with Crippen LogP contribution in [0.5, 0.6) is 11.5 Å². The highest BCUT2D eigenvalue weighted by Crippen LogP contribution is 2.27. The number of carboxylic acids is 1. The van der Waals surface area contributed by atoms with E-state index in [4.69, 9.17) is 14.6 Å². The Balaban J connectivity index is 2.11. The Bertz CT molecular complexity index is 547. The van der Waals surface area contributed by atoms with Gasteiger partial charge >= 0.3 is 5.97 Å². The number of carboxylic acid groups (broad SMARTS) is 1. The number of benzene rings is 1. The summed E-state index contributed by atoms with van der Waals surface area (Å²) in [4.78, 5) is 11.1. The predicted molar refractivity (Wildman–Crippen MR) is 68.6 cm³/mol. The van der Waals surface area contributed by atoms with Crippen LogP contribution in [0.3, 0.4) is 0 Å². The highest BCUT2D eigenvalue weighted by molar-refractivity contribution is 7.12. The summed E-state index contributed by atoms with van der Waals surface area (Å²) < 4.78 is 10.7. The highest BCUT2D eigenvalue weighted by Gasteiger charge is 2.13. The summed E-state index contributed by atoms with van der Waals surface area (Å²) in [7, 11) is 1.59. The van der Waals surface area contributed by atoms with E-state index in [2.05, 4.69) is 0 Å². The lowest BCUT2D eigenvalue weighted by atomic mass is 10.2. The lowest BCUT2D eigenvalue weighted by Gasteiger charge is -2.09.